The standard InChI is InChI=1S/C14H20N2O4S.ClH/c1-10-12(14(17)20-2)6-3-7-13(10)21(18,19)16-8-4-5-11(15)9-16;/h3,6-7,11H,4-5,8-9,15H2,1-2H3;1H. The summed E-state index contributed by atoms with van der Waals surface area (Å²) in [4.78, 5) is 11.8. The van der Waals surface area contributed by atoms with Gasteiger partial charge in [-0.15, -0.1) is 12.4 Å². The first-order chi connectivity index (χ1) is 9.87. The molecule has 0 saturated carbocycles. The number of hydrogen-bond donors (Lipinski definition) is 1. The number of piperidine rings is 1. The summed E-state index contributed by atoms with van der Waals surface area (Å²) in [5.41, 5.74) is 6.53. The van der Waals surface area contributed by atoms with Crippen molar-refractivity contribution in [3.8, 4) is 0 Å². The zero-order valence-corrected chi connectivity index (χ0v) is 14.2. The van der Waals surface area contributed by atoms with E-state index in [9.17, 15) is 13.2 Å². The molecule has 0 spiro atoms. The largest absolute Gasteiger partial charge is 0.465 e. The first-order valence-corrected chi connectivity index (χ1v) is 8.25. The smallest absolute Gasteiger partial charge is 0.338 e. The number of esters is 1. The molecule has 1 aromatic carbocycles. The van der Waals surface area contributed by atoms with Crippen LogP contribution >= 0.6 is 12.4 Å². The summed E-state index contributed by atoms with van der Waals surface area (Å²) < 4.78 is 31.5. The Bertz CT molecular complexity index is 648. The highest BCUT2D eigenvalue weighted by Crippen LogP contribution is 2.25. The first-order valence-electron chi connectivity index (χ1n) is 6.81. The maximum atomic E-state index is 12.7. The van der Waals surface area contributed by atoms with E-state index in [-0.39, 0.29) is 28.9 Å². The minimum atomic E-state index is -3.64. The van der Waals surface area contributed by atoms with Gasteiger partial charge in [0.15, 0.2) is 0 Å². The van der Waals surface area contributed by atoms with Gasteiger partial charge in [-0.1, -0.05) is 6.07 Å². The summed E-state index contributed by atoms with van der Waals surface area (Å²) in [6.07, 6.45) is 1.57. The molecule has 6 nitrogen and oxygen atoms in total. The molecule has 8 heteroatoms. The average molecular weight is 349 g/mol. The van der Waals surface area contributed by atoms with Crippen LogP contribution in [-0.4, -0.2) is 44.9 Å². The third-order valence-electron chi connectivity index (χ3n) is 3.73. The summed E-state index contributed by atoms with van der Waals surface area (Å²) in [5, 5.41) is 0. The maximum Gasteiger partial charge on any atom is 0.338 e. The number of methoxy groups -OCH3 is 1. The number of hydrogen-bond acceptors (Lipinski definition) is 5. The van der Waals surface area contributed by atoms with Gasteiger partial charge >= 0.3 is 5.97 Å². The lowest BCUT2D eigenvalue weighted by molar-refractivity contribution is 0.0599. The van der Waals surface area contributed by atoms with Crippen molar-refractivity contribution < 1.29 is 17.9 Å². The number of benzene rings is 1. The van der Waals surface area contributed by atoms with E-state index in [1.165, 1.54) is 17.5 Å². The minimum absolute atomic E-state index is 0. The molecular weight excluding hydrogens is 328 g/mol. The van der Waals surface area contributed by atoms with Gasteiger partial charge in [0.05, 0.1) is 17.6 Å². The Morgan fingerprint density at radius 3 is 2.68 bits per heavy atom. The van der Waals surface area contributed by atoms with Crippen molar-refractivity contribution in [2.24, 2.45) is 5.73 Å². The Kier molecular flexibility index (Phi) is 6.37. The van der Waals surface area contributed by atoms with Crippen LogP contribution in [0.4, 0.5) is 0 Å². The molecule has 0 radical (unpaired) electrons. The van der Waals surface area contributed by atoms with Crippen LogP contribution in [0.25, 0.3) is 0 Å². The molecular formula is C14H21ClN2O4S. The Morgan fingerprint density at radius 1 is 1.41 bits per heavy atom. The number of nitrogens with zero attached hydrogens (tertiary/aromatic N) is 1. The van der Waals surface area contributed by atoms with E-state index in [2.05, 4.69) is 4.74 Å². The quantitative estimate of drug-likeness (QED) is 0.832. The molecule has 2 N–H and O–H groups in total. The van der Waals surface area contributed by atoms with Gasteiger partial charge in [-0.3, -0.25) is 0 Å². The van der Waals surface area contributed by atoms with Gasteiger partial charge in [-0.2, -0.15) is 4.31 Å². The molecule has 1 aliphatic rings. The van der Waals surface area contributed by atoms with E-state index in [0.717, 1.165) is 12.8 Å². The number of ether oxygens (including phenoxy) is 1. The van der Waals surface area contributed by atoms with E-state index >= 15 is 0 Å². The molecule has 0 amide bonds. The summed E-state index contributed by atoms with van der Waals surface area (Å²) in [7, 11) is -2.37. The molecule has 1 saturated heterocycles. The lowest BCUT2D eigenvalue weighted by Crippen LogP contribution is -2.45. The average Bonchev–Trinajstić information content (AvgIpc) is 2.46. The zero-order valence-electron chi connectivity index (χ0n) is 12.6. The summed E-state index contributed by atoms with van der Waals surface area (Å²) in [6.45, 7) is 2.38. The Labute approximate surface area is 137 Å². The van der Waals surface area contributed by atoms with Crippen molar-refractivity contribution in [3.63, 3.8) is 0 Å². The van der Waals surface area contributed by atoms with Crippen molar-refractivity contribution in [1.82, 2.24) is 4.31 Å². The van der Waals surface area contributed by atoms with Gasteiger partial charge in [0.2, 0.25) is 10.0 Å². The second kappa shape index (κ2) is 7.41. The highest BCUT2D eigenvalue weighted by atomic mass is 35.5. The lowest BCUT2D eigenvalue weighted by atomic mass is 10.1. The van der Waals surface area contributed by atoms with E-state index < -0.39 is 16.0 Å². The molecule has 1 aliphatic heterocycles. The fourth-order valence-electron chi connectivity index (χ4n) is 2.56. The number of rotatable bonds is 3. The number of halogens is 1. The normalized spacial score (nSPS) is 19.3. The second-order valence-electron chi connectivity index (χ2n) is 5.19. The molecule has 0 aliphatic carbocycles. The fourth-order valence-corrected chi connectivity index (χ4v) is 4.34. The maximum absolute atomic E-state index is 12.7. The van der Waals surface area contributed by atoms with Crippen LogP contribution in [0.1, 0.15) is 28.8 Å². The third kappa shape index (κ3) is 3.60. The molecule has 1 unspecified atom stereocenters. The molecule has 1 fully saturated rings. The van der Waals surface area contributed by atoms with Crippen LogP contribution in [0.15, 0.2) is 23.1 Å². The van der Waals surface area contributed by atoms with Crippen molar-refractivity contribution in [3.05, 3.63) is 29.3 Å². The first kappa shape index (κ1) is 18.9. The molecule has 22 heavy (non-hydrogen) atoms. The van der Waals surface area contributed by atoms with E-state index in [4.69, 9.17) is 5.73 Å². The van der Waals surface area contributed by atoms with Crippen molar-refractivity contribution in [2.45, 2.75) is 30.7 Å². The number of sulfonamides is 1. The van der Waals surface area contributed by atoms with E-state index in [1.807, 2.05) is 0 Å². The zero-order chi connectivity index (χ0) is 15.6. The van der Waals surface area contributed by atoms with Gasteiger partial charge in [0, 0.05) is 19.1 Å². The molecule has 2 rings (SSSR count). The van der Waals surface area contributed by atoms with Gasteiger partial charge in [-0.05, 0) is 37.5 Å². The van der Waals surface area contributed by atoms with Crippen LogP contribution in [0.5, 0.6) is 0 Å². The van der Waals surface area contributed by atoms with Gasteiger partial charge in [0.1, 0.15) is 0 Å². The minimum Gasteiger partial charge on any atom is -0.465 e. The Balaban J connectivity index is 0.00000242. The summed E-state index contributed by atoms with van der Waals surface area (Å²) in [5.74, 6) is -0.542. The third-order valence-corrected chi connectivity index (χ3v) is 5.74. The second-order valence-corrected chi connectivity index (χ2v) is 7.09. The predicted octanol–water partition coefficient (Wildman–Crippen LogP) is 1.32. The van der Waals surface area contributed by atoms with Crippen LogP contribution in [0.3, 0.4) is 0 Å². The van der Waals surface area contributed by atoms with Crippen molar-refractivity contribution in [1.29, 1.82) is 0 Å². The predicted molar refractivity (Wildman–Crippen MR) is 85.7 cm³/mol. The molecule has 1 heterocycles. The van der Waals surface area contributed by atoms with Gasteiger partial charge in [-0.25, -0.2) is 13.2 Å². The molecule has 0 aromatic heterocycles. The molecule has 0 bridgehead atoms. The van der Waals surface area contributed by atoms with Gasteiger partial charge < -0.3 is 10.5 Å². The topological polar surface area (TPSA) is 89.7 Å². The van der Waals surface area contributed by atoms with Crippen molar-refractivity contribution in [2.75, 3.05) is 20.2 Å². The number of carbonyl (C=O) groups is 1. The molecule has 1 atom stereocenters. The van der Waals surface area contributed by atoms with Crippen LogP contribution in [-0.2, 0) is 14.8 Å². The summed E-state index contributed by atoms with van der Waals surface area (Å²) >= 11 is 0. The molecule has 1 aromatic rings. The van der Waals surface area contributed by atoms with Crippen LogP contribution < -0.4 is 5.73 Å². The monoisotopic (exact) mass is 348 g/mol. The number of carbonyl (C=O) groups excluding carboxylic acids is 1. The summed E-state index contributed by atoms with van der Waals surface area (Å²) in [6, 6.07) is 4.48. The Morgan fingerprint density at radius 2 is 2.09 bits per heavy atom. The van der Waals surface area contributed by atoms with Gasteiger partial charge in [0.25, 0.3) is 0 Å². The lowest BCUT2D eigenvalue weighted by Gasteiger charge is -2.30. The SMILES string of the molecule is COC(=O)c1cccc(S(=O)(=O)N2CCCC(N)C2)c1C.Cl. The van der Waals surface area contributed by atoms with Crippen LogP contribution in [0, 0.1) is 6.92 Å². The highest BCUT2D eigenvalue weighted by molar-refractivity contribution is 7.89. The van der Waals surface area contributed by atoms with E-state index in [0.29, 0.717) is 18.7 Å². The number of nitrogens with two attached hydrogens (primary N) is 1. The molecule has 124 valence electrons. The Hall–Kier alpha value is -1.15. The van der Waals surface area contributed by atoms with Crippen molar-refractivity contribution >= 4 is 28.4 Å². The van der Waals surface area contributed by atoms with E-state index in [1.54, 1.807) is 19.1 Å². The fraction of sp³-hybridized carbons (Fsp3) is 0.500. The van der Waals surface area contributed by atoms with Crippen LogP contribution in [0.2, 0.25) is 0 Å². The highest BCUT2D eigenvalue weighted by Gasteiger charge is 2.31.